The summed E-state index contributed by atoms with van der Waals surface area (Å²) < 4.78 is 0. The molecule has 0 amide bonds. The molecule has 4 nitrogen and oxygen atoms in total. The Hall–Kier alpha value is -0.610. The van der Waals surface area contributed by atoms with E-state index in [0.29, 0.717) is 12.5 Å². The van der Waals surface area contributed by atoms with Crippen molar-refractivity contribution in [2.45, 2.75) is 44.6 Å². The summed E-state index contributed by atoms with van der Waals surface area (Å²) in [5.74, 6) is -0.677. The third-order valence-corrected chi connectivity index (χ3v) is 2.98. The van der Waals surface area contributed by atoms with Crippen molar-refractivity contribution < 1.29 is 9.90 Å². The Morgan fingerprint density at radius 1 is 1.06 bits per heavy atom. The van der Waals surface area contributed by atoms with Crippen molar-refractivity contribution in [3.63, 3.8) is 0 Å². The zero-order valence-electron chi connectivity index (χ0n) is 11.8. The Morgan fingerprint density at radius 3 is 2.12 bits per heavy atom. The smallest absolute Gasteiger partial charge is 0.303 e. The number of carboxylic acids is 1. The molecule has 1 unspecified atom stereocenters. The lowest BCUT2D eigenvalue weighted by molar-refractivity contribution is -0.137. The molecule has 0 aromatic rings. The van der Waals surface area contributed by atoms with Crippen LogP contribution in [-0.2, 0) is 4.79 Å². The minimum atomic E-state index is -0.677. The highest BCUT2D eigenvalue weighted by molar-refractivity contribution is 5.66. The molecule has 17 heavy (non-hydrogen) atoms. The summed E-state index contributed by atoms with van der Waals surface area (Å²) in [4.78, 5) is 14.8. The average Bonchev–Trinajstić information content (AvgIpc) is 2.20. The minimum Gasteiger partial charge on any atom is -0.481 e. The molecule has 4 heteroatoms. The molecule has 0 saturated heterocycles. The molecule has 0 rings (SSSR count). The maximum atomic E-state index is 10.3. The Labute approximate surface area is 106 Å². The molecule has 0 bridgehead atoms. The number of hydrogen-bond donors (Lipinski definition) is 1. The normalized spacial score (nSPS) is 13.3. The first-order valence-corrected chi connectivity index (χ1v) is 6.46. The van der Waals surface area contributed by atoms with Crippen LogP contribution < -0.4 is 0 Å². The van der Waals surface area contributed by atoms with Crippen LogP contribution in [0.15, 0.2) is 0 Å². The molecule has 0 aromatic carbocycles. The van der Waals surface area contributed by atoms with E-state index < -0.39 is 5.97 Å². The number of carboxylic acid groups (broad SMARTS) is 1. The van der Waals surface area contributed by atoms with Crippen LogP contribution in [0.5, 0.6) is 0 Å². The van der Waals surface area contributed by atoms with E-state index in [1.807, 2.05) is 0 Å². The molecule has 0 radical (unpaired) electrons. The zero-order chi connectivity index (χ0) is 13.3. The van der Waals surface area contributed by atoms with Gasteiger partial charge in [0, 0.05) is 19.0 Å². The third-order valence-electron chi connectivity index (χ3n) is 2.98. The molecule has 0 saturated carbocycles. The van der Waals surface area contributed by atoms with Gasteiger partial charge in [0.1, 0.15) is 0 Å². The Morgan fingerprint density at radius 2 is 1.65 bits per heavy atom. The maximum absolute atomic E-state index is 10.3. The first-order valence-electron chi connectivity index (χ1n) is 6.46. The van der Waals surface area contributed by atoms with Crippen molar-refractivity contribution in [3.8, 4) is 0 Å². The quantitative estimate of drug-likeness (QED) is 0.596. The topological polar surface area (TPSA) is 43.8 Å². The summed E-state index contributed by atoms with van der Waals surface area (Å²) in [6, 6.07) is 0.601. The van der Waals surface area contributed by atoms with Crippen molar-refractivity contribution in [1.29, 1.82) is 0 Å². The SMILES string of the molecule is CN(C)CC(CCCCCCC(=O)O)N(C)C. The van der Waals surface area contributed by atoms with Gasteiger partial charge in [-0.15, -0.1) is 0 Å². The lowest BCUT2D eigenvalue weighted by Gasteiger charge is -2.27. The van der Waals surface area contributed by atoms with Gasteiger partial charge >= 0.3 is 5.97 Å². The first kappa shape index (κ1) is 16.4. The molecule has 0 heterocycles. The van der Waals surface area contributed by atoms with E-state index in [9.17, 15) is 4.79 Å². The van der Waals surface area contributed by atoms with Crippen LogP contribution >= 0.6 is 0 Å². The molecule has 0 aliphatic heterocycles. The van der Waals surface area contributed by atoms with Gasteiger partial charge in [-0.2, -0.15) is 0 Å². The second kappa shape index (κ2) is 9.42. The van der Waals surface area contributed by atoms with Gasteiger partial charge in [0.15, 0.2) is 0 Å². The molecule has 0 aliphatic rings. The number of aliphatic carboxylic acids is 1. The maximum Gasteiger partial charge on any atom is 0.303 e. The summed E-state index contributed by atoms with van der Waals surface area (Å²) in [5.41, 5.74) is 0. The van der Waals surface area contributed by atoms with Crippen LogP contribution in [0.25, 0.3) is 0 Å². The summed E-state index contributed by atoms with van der Waals surface area (Å²) in [5, 5.41) is 8.52. The largest absolute Gasteiger partial charge is 0.481 e. The van der Waals surface area contributed by atoms with Gasteiger partial charge in [0.05, 0.1) is 0 Å². The van der Waals surface area contributed by atoms with Crippen LogP contribution in [0.2, 0.25) is 0 Å². The van der Waals surface area contributed by atoms with Crippen molar-refractivity contribution in [2.24, 2.45) is 0 Å². The van der Waals surface area contributed by atoms with Crippen molar-refractivity contribution in [2.75, 3.05) is 34.7 Å². The Bertz CT molecular complexity index is 206. The summed E-state index contributed by atoms with van der Waals surface area (Å²) in [6.45, 7) is 1.09. The fraction of sp³-hybridized carbons (Fsp3) is 0.923. The van der Waals surface area contributed by atoms with Crippen molar-refractivity contribution in [3.05, 3.63) is 0 Å². The highest BCUT2D eigenvalue weighted by Crippen LogP contribution is 2.10. The van der Waals surface area contributed by atoms with Gasteiger partial charge in [-0.25, -0.2) is 0 Å². The van der Waals surface area contributed by atoms with Gasteiger partial charge in [0.25, 0.3) is 0 Å². The fourth-order valence-electron chi connectivity index (χ4n) is 1.94. The highest BCUT2D eigenvalue weighted by Gasteiger charge is 2.11. The summed E-state index contributed by atoms with van der Waals surface area (Å²) >= 11 is 0. The van der Waals surface area contributed by atoms with Crippen molar-refractivity contribution >= 4 is 5.97 Å². The fourth-order valence-corrected chi connectivity index (χ4v) is 1.94. The van der Waals surface area contributed by atoms with Crippen LogP contribution in [0, 0.1) is 0 Å². The second-order valence-electron chi connectivity index (χ2n) is 5.23. The lowest BCUT2D eigenvalue weighted by Crippen LogP contribution is -2.37. The predicted octanol–water partition coefficient (Wildman–Crippen LogP) is 1.90. The zero-order valence-corrected chi connectivity index (χ0v) is 11.8. The molecule has 102 valence electrons. The lowest BCUT2D eigenvalue weighted by atomic mass is 10.1. The molecule has 0 aliphatic carbocycles. The van der Waals surface area contributed by atoms with Crippen molar-refractivity contribution in [1.82, 2.24) is 9.80 Å². The number of carbonyl (C=O) groups is 1. The number of nitrogens with zero attached hydrogens (tertiary/aromatic N) is 2. The standard InChI is InChI=1S/C13H28N2O2/c1-14(2)11-12(15(3)4)9-7-5-6-8-10-13(16)17/h12H,5-11H2,1-4H3,(H,16,17). The van der Waals surface area contributed by atoms with E-state index in [1.54, 1.807) is 0 Å². The van der Waals surface area contributed by atoms with E-state index in [2.05, 4.69) is 38.0 Å². The van der Waals surface area contributed by atoms with E-state index >= 15 is 0 Å². The number of unbranched alkanes of at least 4 members (excludes halogenated alkanes) is 3. The van der Waals surface area contributed by atoms with E-state index in [0.717, 1.165) is 25.8 Å². The van der Waals surface area contributed by atoms with Gasteiger partial charge in [-0.1, -0.05) is 19.3 Å². The molecule has 0 spiro atoms. The first-order chi connectivity index (χ1) is 7.93. The van der Waals surface area contributed by atoms with E-state index in [4.69, 9.17) is 5.11 Å². The molecular formula is C13H28N2O2. The molecule has 1 atom stereocenters. The highest BCUT2D eigenvalue weighted by atomic mass is 16.4. The van der Waals surface area contributed by atoms with Gasteiger partial charge < -0.3 is 14.9 Å². The molecular weight excluding hydrogens is 216 g/mol. The van der Waals surface area contributed by atoms with Crippen LogP contribution in [0.4, 0.5) is 0 Å². The Balaban J connectivity index is 3.58. The van der Waals surface area contributed by atoms with Gasteiger partial charge in [-0.05, 0) is 41.0 Å². The summed E-state index contributed by atoms with van der Waals surface area (Å²) in [7, 11) is 8.45. The van der Waals surface area contributed by atoms with E-state index in [-0.39, 0.29) is 0 Å². The predicted molar refractivity (Wildman–Crippen MR) is 71.4 cm³/mol. The summed E-state index contributed by atoms with van der Waals surface area (Å²) in [6.07, 6.45) is 5.69. The number of likely N-dealkylation sites (N-methyl/N-ethyl adjacent to an activating group) is 2. The van der Waals surface area contributed by atoms with Gasteiger partial charge in [-0.3, -0.25) is 4.79 Å². The monoisotopic (exact) mass is 244 g/mol. The second-order valence-corrected chi connectivity index (χ2v) is 5.23. The number of rotatable bonds is 10. The molecule has 1 N–H and O–H groups in total. The van der Waals surface area contributed by atoms with E-state index in [1.165, 1.54) is 12.8 Å². The average molecular weight is 244 g/mol. The van der Waals surface area contributed by atoms with Gasteiger partial charge in [0.2, 0.25) is 0 Å². The van der Waals surface area contributed by atoms with Crippen LogP contribution in [0.3, 0.4) is 0 Å². The molecule has 0 fully saturated rings. The third kappa shape index (κ3) is 10.3. The van der Waals surface area contributed by atoms with Crippen LogP contribution in [0.1, 0.15) is 38.5 Å². The molecule has 0 aromatic heterocycles. The van der Waals surface area contributed by atoms with Crippen LogP contribution in [-0.4, -0.2) is 61.7 Å². The Kier molecular flexibility index (Phi) is 9.09. The minimum absolute atomic E-state index is 0.314. The number of hydrogen-bond acceptors (Lipinski definition) is 3.